The fourth-order valence-corrected chi connectivity index (χ4v) is 5.19. The summed E-state index contributed by atoms with van der Waals surface area (Å²) in [6.45, 7) is 1.33. The van der Waals surface area contributed by atoms with Crippen LogP contribution in [0.5, 0.6) is 0 Å². The minimum atomic E-state index is -0.0700. The van der Waals surface area contributed by atoms with Gasteiger partial charge in [0.1, 0.15) is 0 Å². The maximum atomic E-state index is 12.8. The SMILES string of the molecule is O=C(Cc1csc(Cc2ccccc2)n1)N1CCC(n2c(=O)[nH]c3ccccc32)CC1. The van der Waals surface area contributed by atoms with Crippen LogP contribution in [-0.4, -0.2) is 38.4 Å². The molecule has 3 heterocycles. The first-order valence-corrected chi connectivity index (χ1v) is 11.5. The number of nitrogens with one attached hydrogen (secondary N) is 1. The lowest BCUT2D eigenvalue weighted by molar-refractivity contribution is -0.131. The van der Waals surface area contributed by atoms with Crippen LogP contribution >= 0.6 is 11.3 Å². The fraction of sp³-hybridized carbons (Fsp3) is 0.292. The number of hydrogen-bond donors (Lipinski definition) is 1. The van der Waals surface area contributed by atoms with Gasteiger partial charge in [-0.2, -0.15) is 0 Å². The van der Waals surface area contributed by atoms with Gasteiger partial charge in [0.25, 0.3) is 0 Å². The third-order valence-electron chi connectivity index (χ3n) is 5.94. The van der Waals surface area contributed by atoms with E-state index < -0.39 is 0 Å². The highest BCUT2D eigenvalue weighted by Gasteiger charge is 2.26. The van der Waals surface area contributed by atoms with E-state index >= 15 is 0 Å². The Morgan fingerprint density at radius 1 is 1.06 bits per heavy atom. The Morgan fingerprint density at radius 3 is 2.61 bits per heavy atom. The minimum absolute atomic E-state index is 0.0700. The van der Waals surface area contributed by atoms with Crippen LogP contribution in [0.3, 0.4) is 0 Å². The molecule has 0 unspecified atom stereocenters. The van der Waals surface area contributed by atoms with Crippen molar-refractivity contribution in [2.45, 2.75) is 31.7 Å². The number of H-pyrrole nitrogens is 1. The van der Waals surface area contributed by atoms with Crippen molar-refractivity contribution in [1.82, 2.24) is 19.4 Å². The molecule has 0 bridgehead atoms. The van der Waals surface area contributed by atoms with E-state index in [0.717, 1.165) is 41.0 Å². The summed E-state index contributed by atoms with van der Waals surface area (Å²) in [5.74, 6) is 0.112. The quantitative estimate of drug-likeness (QED) is 0.522. The van der Waals surface area contributed by atoms with Crippen LogP contribution in [0, 0.1) is 0 Å². The van der Waals surface area contributed by atoms with Crippen molar-refractivity contribution < 1.29 is 4.79 Å². The van der Waals surface area contributed by atoms with Gasteiger partial charge in [0, 0.05) is 30.9 Å². The molecule has 0 aliphatic carbocycles. The second-order valence-electron chi connectivity index (χ2n) is 8.00. The van der Waals surface area contributed by atoms with Gasteiger partial charge in [-0.25, -0.2) is 9.78 Å². The van der Waals surface area contributed by atoms with Gasteiger partial charge in [-0.15, -0.1) is 11.3 Å². The molecule has 1 fully saturated rings. The molecule has 5 rings (SSSR count). The van der Waals surface area contributed by atoms with Gasteiger partial charge in [-0.05, 0) is 30.5 Å². The number of aromatic amines is 1. The largest absolute Gasteiger partial charge is 0.342 e. The van der Waals surface area contributed by atoms with Crippen LogP contribution in [0.2, 0.25) is 0 Å². The Kier molecular flexibility index (Phi) is 5.42. The Hall–Kier alpha value is -3.19. The molecule has 1 aliphatic rings. The van der Waals surface area contributed by atoms with Crippen molar-refractivity contribution in [2.24, 2.45) is 0 Å². The Bertz CT molecular complexity index is 1250. The molecule has 1 aliphatic heterocycles. The van der Waals surface area contributed by atoms with Crippen molar-refractivity contribution in [1.29, 1.82) is 0 Å². The Balaban J connectivity index is 1.20. The van der Waals surface area contributed by atoms with E-state index in [4.69, 9.17) is 0 Å². The summed E-state index contributed by atoms with van der Waals surface area (Å²) in [5.41, 5.74) is 3.80. The van der Waals surface area contributed by atoms with E-state index in [1.165, 1.54) is 5.56 Å². The van der Waals surface area contributed by atoms with E-state index in [9.17, 15) is 9.59 Å². The van der Waals surface area contributed by atoms with Crippen molar-refractivity contribution in [2.75, 3.05) is 13.1 Å². The van der Waals surface area contributed by atoms with Crippen LogP contribution in [-0.2, 0) is 17.6 Å². The highest BCUT2D eigenvalue weighted by molar-refractivity contribution is 7.09. The average Bonchev–Trinajstić information content (AvgIpc) is 3.37. The van der Waals surface area contributed by atoms with Crippen molar-refractivity contribution in [3.63, 3.8) is 0 Å². The van der Waals surface area contributed by atoms with Gasteiger partial charge < -0.3 is 9.88 Å². The van der Waals surface area contributed by atoms with Crippen molar-refractivity contribution in [3.8, 4) is 0 Å². The third kappa shape index (κ3) is 4.18. The van der Waals surface area contributed by atoms with Gasteiger partial charge in [-0.1, -0.05) is 42.5 Å². The Labute approximate surface area is 184 Å². The molecule has 2 aromatic heterocycles. The predicted octanol–water partition coefficient (Wildman–Crippen LogP) is 3.78. The molecule has 31 heavy (non-hydrogen) atoms. The molecule has 2 aromatic carbocycles. The van der Waals surface area contributed by atoms with Crippen LogP contribution in [0.15, 0.2) is 64.8 Å². The van der Waals surface area contributed by atoms with E-state index in [2.05, 4.69) is 22.1 Å². The number of rotatable bonds is 5. The van der Waals surface area contributed by atoms with Gasteiger partial charge in [0.2, 0.25) is 5.91 Å². The number of fused-ring (bicyclic) bond motifs is 1. The number of hydrogen-bond acceptors (Lipinski definition) is 4. The molecule has 0 atom stereocenters. The number of imidazole rings is 1. The second-order valence-corrected chi connectivity index (χ2v) is 8.94. The molecule has 158 valence electrons. The maximum Gasteiger partial charge on any atom is 0.326 e. The molecule has 4 aromatic rings. The molecule has 1 amide bonds. The number of amides is 1. The van der Waals surface area contributed by atoms with Crippen molar-refractivity contribution in [3.05, 3.63) is 86.7 Å². The lowest BCUT2D eigenvalue weighted by Crippen LogP contribution is -2.41. The van der Waals surface area contributed by atoms with Crippen LogP contribution in [0.25, 0.3) is 11.0 Å². The first-order valence-electron chi connectivity index (χ1n) is 10.6. The number of thiazole rings is 1. The van der Waals surface area contributed by atoms with Gasteiger partial charge in [0.05, 0.1) is 28.2 Å². The molecular formula is C24H24N4O2S. The smallest absolute Gasteiger partial charge is 0.326 e. The number of likely N-dealkylation sites (tertiary alicyclic amines) is 1. The Morgan fingerprint density at radius 2 is 1.81 bits per heavy atom. The van der Waals surface area contributed by atoms with Crippen LogP contribution in [0.1, 0.15) is 35.1 Å². The summed E-state index contributed by atoms with van der Waals surface area (Å²) in [7, 11) is 0. The topological polar surface area (TPSA) is 71.0 Å². The number of nitrogens with zero attached hydrogens (tertiary/aromatic N) is 3. The molecular weight excluding hydrogens is 408 g/mol. The molecule has 6 nitrogen and oxygen atoms in total. The number of piperidine rings is 1. The van der Waals surface area contributed by atoms with Crippen molar-refractivity contribution >= 4 is 28.3 Å². The average molecular weight is 433 g/mol. The zero-order valence-electron chi connectivity index (χ0n) is 17.2. The normalized spacial score (nSPS) is 14.9. The highest BCUT2D eigenvalue weighted by atomic mass is 32.1. The summed E-state index contributed by atoms with van der Waals surface area (Å²) in [4.78, 5) is 34.8. The zero-order chi connectivity index (χ0) is 21.2. The second kappa shape index (κ2) is 8.51. The van der Waals surface area contributed by atoms with E-state index in [1.807, 2.05) is 57.3 Å². The number of aromatic nitrogens is 3. The van der Waals surface area contributed by atoms with Gasteiger partial charge in [-0.3, -0.25) is 9.36 Å². The van der Waals surface area contributed by atoms with E-state index in [1.54, 1.807) is 11.3 Å². The summed E-state index contributed by atoms with van der Waals surface area (Å²) in [5, 5.41) is 3.03. The number of carbonyl (C=O) groups excluding carboxylic acids is 1. The standard InChI is InChI=1S/C24H24N4O2S/c29-23(15-18-16-31-22(25-18)14-17-6-2-1-3-7-17)27-12-10-19(11-13-27)28-21-9-5-4-8-20(21)26-24(28)30/h1-9,16,19H,10-15H2,(H,26,30). The monoisotopic (exact) mass is 432 g/mol. The van der Waals surface area contributed by atoms with E-state index in [0.29, 0.717) is 19.5 Å². The minimum Gasteiger partial charge on any atom is -0.342 e. The molecule has 0 spiro atoms. The zero-order valence-corrected chi connectivity index (χ0v) is 18.0. The first-order chi connectivity index (χ1) is 15.2. The van der Waals surface area contributed by atoms with Gasteiger partial charge >= 0.3 is 5.69 Å². The van der Waals surface area contributed by atoms with E-state index in [-0.39, 0.29) is 17.6 Å². The lowest BCUT2D eigenvalue weighted by atomic mass is 10.0. The molecule has 1 N–H and O–H groups in total. The predicted molar refractivity (Wildman–Crippen MR) is 122 cm³/mol. The number of benzene rings is 2. The highest BCUT2D eigenvalue weighted by Crippen LogP contribution is 2.25. The van der Waals surface area contributed by atoms with Gasteiger partial charge in [0.15, 0.2) is 0 Å². The summed E-state index contributed by atoms with van der Waals surface area (Å²) >= 11 is 1.61. The fourth-order valence-electron chi connectivity index (χ4n) is 4.36. The molecule has 1 saturated heterocycles. The summed E-state index contributed by atoms with van der Waals surface area (Å²) in [6.07, 6.45) is 2.70. The third-order valence-corrected chi connectivity index (χ3v) is 6.83. The lowest BCUT2D eigenvalue weighted by Gasteiger charge is -2.32. The molecule has 7 heteroatoms. The molecule has 0 radical (unpaired) electrons. The number of carbonyl (C=O) groups is 1. The number of para-hydroxylation sites is 2. The summed E-state index contributed by atoms with van der Waals surface area (Å²) in [6, 6.07) is 18.1. The van der Waals surface area contributed by atoms with Crippen LogP contribution in [0.4, 0.5) is 0 Å². The first kappa shape index (κ1) is 19.8. The molecule has 0 saturated carbocycles. The maximum absolute atomic E-state index is 12.8. The van der Waals surface area contributed by atoms with Crippen LogP contribution < -0.4 is 5.69 Å². The summed E-state index contributed by atoms with van der Waals surface area (Å²) < 4.78 is 1.85.